The third-order valence-electron chi connectivity index (χ3n) is 2.85. The van der Waals surface area contributed by atoms with E-state index in [1.165, 1.54) is 12.8 Å². The van der Waals surface area contributed by atoms with Crippen LogP contribution >= 0.6 is 11.6 Å². The lowest BCUT2D eigenvalue weighted by Crippen LogP contribution is -2.16. The zero-order chi connectivity index (χ0) is 13.9. The molecule has 0 radical (unpaired) electrons. The van der Waals surface area contributed by atoms with Gasteiger partial charge in [-0.05, 0) is 25.2 Å². The molecule has 0 fully saturated rings. The van der Waals surface area contributed by atoms with Gasteiger partial charge in [-0.3, -0.25) is 0 Å². The fourth-order valence-corrected chi connectivity index (χ4v) is 2.17. The molecule has 0 aromatic carbocycles. The second-order valence-corrected chi connectivity index (χ2v) is 4.96. The van der Waals surface area contributed by atoms with Crippen LogP contribution in [0.2, 0.25) is 0 Å². The minimum absolute atomic E-state index is 0.575. The highest BCUT2D eigenvalue weighted by Crippen LogP contribution is 2.14. The van der Waals surface area contributed by atoms with Gasteiger partial charge in [0.1, 0.15) is 0 Å². The molecule has 19 heavy (non-hydrogen) atoms. The van der Waals surface area contributed by atoms with E-state index in [1.807, 2.05) is 0 Å². The van der Waals surface area contributed by atoms with Gasteiger partial charge in [-0.1, -0.05) is 20.3 Å². The number of ether oxygens (including phenoxy) is 1. The van der Waals surface area contributed by atoms with Gasteiger partial charge in [0.2, 0.25) is 11.8 Å². The third-order valence-corrected chi connectivity index (χ3v) is 3.07. The largest absolute Gasteiger partial charge is 0.478 e. The number of halogens is 1. The molecule has 1 atom stereocenters. The van der Waals surface area contributed by atoms with E-state index in [0.717, 1.165) is 19.4 Å². The molecule has 0 aliphatic heterocycles. The fraction of sp³-hybridized carbons (Fsp3) is 0.714. The molecule has 1 aromatic rings. The first-order chi connectivity index (χ1) is 9.30. The van der Waals surface area contributed by atoms with Crippen LogP contribution in [0.5, 0.6) is 5.88 Å². The molecule has 1 N–H and O–H groups in total. The summed E-state index contributed by atoms with van der Waals surface area (Å²) in [5.41, 5.74) is 0. The van der Waals surface area contributed by atoms with E-state index in [2.05, 4.69) is 29.1 Å². The quantitative estimate of drug-likeness (QED) is 0.666. The molecule has 5 heteroatoms. The van der Waals surface area contributed by atoms with Gasteiger partial charge in [0.15, 0.2) is 0 Å². The summed E-state index contributed by atoms with van der Waals surface area (Å²) in [5, 5.41) is 3.27. The molecule has 0 bridgehead atoms. The van der Waals surface area contributed by atoms with Crippen molar-refractivity contribution >= 4 is 17.5 Å². The van der Waals surface area contributed by atoms with Crippen LogP contribution in [-0.2, 0) is 0 Å². The Balaban J connectivity index is 2.46. The van der Waals surface area contributed by atoms with Crippen LogP contribution in [0.15, 0.2) is 12.3 Å². The van der Waals surface area contributed by atoms with E-state index in [4.69, 9.17) is 16.3 Å². The molecule has 1 aromatic heterocycles. The van der Waals surface area contributed by atoms with E-state index in [-0.39, 0.29) is 0 Å². The van der Waals surface area contributed by atoms with Crippen molar-refractivity contribution in [3.63, 3.8) is 0 Å². The molecule has 1 unspecified atom stereocenters. The number of hydrogen-bond acceptors (Lipinski definition) is 4. The van der Waals surface area contributed by atoms with Gasteiger partial charge < -0.3 is 10.1 Å². The van der Waals surface area contributed by atoms with E-state index >= 15 is 0 Å². The minimum atomic E-state index is 0.575. The van der Waals surface area contributed by atoms with Crippen LogP contribution in [0, 0.1) is 5.92 Å². The number of nitrogens with zero attached hydrogens (tertiary/aromatic N) is 2. The average Bonchev–Trinajstić information content (AvgIpc) is 2.43. The van der Waals surface area contributed by atoms with Crippen LogP contribution < -0.4 is 10.1 Å². The summed E-state index contributed by atoms with van der Waals surface area (Å²) >= 11 is 5.82. The number of nitrogens with one attached hydrogen (secondary N) is 1. The Hall–Kier alpha value is -1.03. The van der Waals surface area contributed by atoms with Gasteiger partial charge >= 0.3 is 0 Å². The molecular weight excluding hydrogens is 262 g/mol. The lowest BCUT2D eigenvalue weighted by molar-refractivity contribution is 0.305. The van der Waals surface area contributed by atoms with Crippen molar-refractivity contribution < 1.29 is 4.74 Å². The third kappa shape index (κ3) is 6.62. The van der Waals surface area contributed by atoms with Gasteiger partial charge in [-0.2, -0.15) is 4.98 Å². The molecule has 1 heterocycles. The molecule has 0 spiro atoms. The minimum Gasteiger partial charge on any atom is -0.478 e. The predicted molar refractivity (Wildman–Crippen MR) is 80.0 cm³/mol. The van der Waals surface area contributed by atoms with Gasteiger partial charge in [0.05, 0.1) is 6.61 Å². The highest BCUT2D eigenvalue weighted by molar-refractivity contribution is 6.17. The molecule has 0 saturated carbocycles. The van der Waals surface area contributed by atoms with E-state index in [1.54, 1.807) is 12.3 Å². The summed E-state index contributed by atoms with van der Waals surface area (Å²) in [7, 11) is 0. The lowest BCUT2D eigenvalue weighted by atomic mass is 10.0. The van der Waals surface area contributed by atoms with Crippen LogP contribution in [0.3, 0.4) is 0 Å². The van der Waals surface area contributed by atoms with Crippen LogP contribution in [0.4, 0.5) is 5.95 Å². The molecule has 0 aliphatic rings. The molecule has 4 nitrogen and oxygen atoms in total. The van der Waals surface area contributed by atoms with Gasteiger partial charge in [0.25, 0.3) is 0 Å². The summed E-state index contributed by atoms with van der Waals surface area (Å²) in [6.07, 6.45) is 6.06. The summed E-state index contributed by atoms with van der Waals surface area (Å²) in [4.78, 5) is 8.53. The van der Waals surface area contributed by atoms with Gasteiger partial charge in [-0.15, -0.1) is 11.6 Å². The zero-order valence-electron chi connectivity index (χ0n) is 11.9. The summed E-state index contributed by atoms with van der Waals surface area (Å²) < 4.78 is 5.49. The molecule has 0 amide bonds. The van der Waals surface area contributed by atoms with Crippen molar-refractivity contribution in [3.8, 4) is 5.88 Å². The Kier molecular flexibility index (Phi) is 8.30. The molecule has 0 saturated heterocycles. The lowest BCUT2D eigenvalue weighted by Gasteiger charge is -2.15. The smallest absolute Gasteiger partial charge is 0.225 e. The topological polar surface area (TPSA) is 47.0 Å². The second-order valence-electron chi connectivity index (χ2n) is 4.58. The maximum atomic E-state index is 5.82. The van der Waals surface area contributed by atoms with E-state index in [9.17, 15) is 0 Å². The van der Waals surface area contributed by atoms with Crippen LogP contribution in [0.25, 0.3) is 0 Å². The first kappa shape index (κ1) is 16.0. The number of aromatic nitrogens is 2. The average molecular weight is 286 g/mol. The van der Waals surface area contributed by atoms with Crippen molar-refractivity contribution in [1.29, 1.82) is 0 Å². The normalized spacial score (nSPS) is 12.2. The SMILES string of the molecule is CCCOc1ccnc(NCC(CCC)CCCl)n1. The monoisotopic (exact) mass is 285 g/mol. The van der Waals surface area contributed by atoms with Crippen molar-refractivity contribution in [3.05, 3.63) is 12.3 Å². The first-order valence-corrected chi connectivity index (χ1v) is 7.59. The Morgan fingerprint density at radius 1 is 1.32 bits per heavy atom. The van der Waals surface area contributed by atoms with E-state index < -0.39 is 0 Å². The number of alkyl halides is 1. The molecular formula is C14H24ClN3O. The van der Waals surface area contributed by atoms with Crippen molar-refractivity contribution in [1.82, 2.24) is 9.97 Å². The Bertz CT molecular complexity index is 343. The molecule has 108 valence electrons. The summed E-state index contributed by atoms with van der Waals surface area (Å²) in [6.45, 7) is 5.80. The Morgan fingerprint density at radius 3 is 2.84 bits per heavy atom. The van der Waals surface area contributed by atoms with Crippen molar-refractivity contribution in [2.24, 2.45) is 5.92 Å². The summed E-state index contributed by atoms with van der Waals surface area (Å²) in [5.74, 6) is 2.53. The Labute approximate surface area is 120 Å². The number of anilines is 1. The molecule has 1 rings (SSSR count). The van der Waals surface area contributed by atoms with Gasteiger partial charge in [-0.25, -0.2) is 4.98 Å². The van der Waals surface area contributed by atoms with E-state index in [0.29, 0.717) is 30.2 Å². The van der Waals surface area contributed by atoms with Crippen LogP contribution in [-0.4, -0.2) is 29.0 Å². The highest BCUT2D eigenvalue weighted by Gasteiger charge is 2.08. The van der Waals surface area contributed by atoms with Gasteiger partial charge in [0, 0.05) is 24.7 Å². The van der Waals surface area contributed by atoms with Crippen LogP contribution in [0.1, 0.15) is 39.5 Å². The summed E-state index contributed by atoms with van der Waals surface area (Å²) in [6, 6.07) is 1.78. The maximum absolute atomic E-state index is 5.82. The number of rotatable bonds is 10. The first-order valence-electron chi connectivity index (χ1n) is 7.05. The highest BCUT2D eigenvalue weighted by atomic mass is 35.5. The number of hydrogen-bond donors (Lipinski definition) is 1. The Morgan fingerprint density at radius 2 is 2.16 bits per heavy atom. The molecule has 0 aliphatic carbocycles. The standard InChI is InChI=1S/C14H24ClN3O/c1-3-5-12(6-8-15)11-17-14-16-9-7-13(18-14)19-10-4-2/h7,9,12H,3-6,8,10-11H2,1-2H3,(H,16,17,18). The zero-order valence-corrected chi connectivity index (χ0v) is 12.6. The fourth-order valence-electron chi connectivity index (χ4n) is 1.86. The van der Waals surface area contributed by atoms with Crippen molar-refractivity contribution in [2.75, 3.05) is 24.3 Å². The predicted octanol–water partition coefficient (Wildman–Crippen LogP) is 3.72. The second kappa shape index (κ2) is 9.84. The maximum Gasteiger partial charge on any atom is 0.225 e. The van der Waals surface area contributed by atoms with Crippen molar-refractivity contribution in [2.45, 2.75) is 39.5 Å².